The molecule has 0 heterocycles. The highest BCUT2D eigenvalue weighted by Crippen LogP contribution is 2.34. The highest BCUT2D eigenvalue weighted by atomic mass is 19.4. The van der Waals surface area contributed by atoms with Gasteiger partial charge in [-0.15, -0.1) is 26.3 Å². The van der Waals surface area contributed by atoms with Crippen LogP contribution in [0.1, 0.15) is 23.6 Å². The average Bonchev–Trinajstić information content (AvgIpc) is 3.10. The molecule has 5 aromatic rings. The monoisotopic (exact) mass is 738 g/mol. The first kappa shape index (κ1) is 38.1. The molecule has 0 atom stereocenters. The number of hydrogen-bond donors (Lipinski definition) is 1. The summed E-state index contributed by atoms with van der Waals surface area (Å²) in [5.41, 5.74) is 5.57. The maximum absolute atomic E-state index is 12.6. The highest BCUT2D eigenvalue weighted by Gasteiger charge is 2.31. The zero-order valence-corrected chi connectivity index (χ0v) is 28.3. The number of alkyl halides is 6. The molecule has 0 aliphatic carbocycles. The topological polar surface area (TPSA) is 83.5 Å². The van der Waals surface area contributed by atoms with E-state index >= 15 is 0 Å². The van der Waals surface area contributed by atoms with E-state index in [-0.39, 0.29) is 24.7 Å². The van der Waals surface area contributed by atoms with Crippen molar-refractivity contribution >= 4 is 11.5 Å². The molecule has 0 bridgehead atoms. The van der Waals surface area contributed by atoms with Crippen LogP contribution in [0.25, 0.3) is 27.8 Å². The van der Waals surface area contributed by atoms with E-state index in [4.69, 9.17) is 19.3 Å². The summed E-state index contributed by atoms with van der Waals surface area (Å²) in [6, 6.07) is 30.6. The molecular formula is C40H32F6O7. The van der Waals surface area contributed by atoms with E-state index < -0.39 is 25.3 Å². The minimum atomic E-state index is -4.80. The van der Waals surface area contributed by atoms with Crippen molar-refractivity contribution in [3.8, 4) is 45.3 Å². The summed E-state index contributed by atoms with van der Waals surface area (Å²) in [6.07, 6.45) is -9.61. The molecule has 7 nitrogen and oxygen atoms in total. The van der Waals surface area contributed by atoms with Crippen molar-refractivity contribution < 1.29 is 59.9 Å². The van der Waals surface area contributed by atoms with Gasteiger partial charge in [-0.05, 0) is 95.3 Å². The summed E-state index contributed by atoms with van der Waals surface area (Å²) in [5, 5.41) is 8.94. The Hall–Kier alpha value is -6.11. The van der Waals surface area contributed by atoms with Crippen LogP contribution >= 0.6 is 0 Å². The molecule has 0 fully saturated rings. The molecule has 5 rings (SSSR count). The number of ether oxygens (including phenoxy) is 5. The van der Waals surface area contributed by atoms with Crippen LogP contribution in [0, 0.1) is 6.92 Å². The lowest BCUT2D eigenvalue weighted by atomic mass is 9.93. The molecule has 0 saturated heterocycles. The summed E-state index contributed by atoms with van der Waals surface area (Å²) in [5.74, 6) is -0.437. The molecular weight excluding hydrogens is 706 g/mol. The fourth-order valence-electron chi connectivity index (χ4n) is 5.37. The number of hydrogen-bond acceptors (Lipinski definition) is 6. The lowest BCUT2D eigenvalue weighted by Gasteiger charge is -2.19. The van der Waals surface area contributed by atoms with Crippen LogP contribution in [-0.2, 0) is 9.53 Å². The van der Waals surface area contributed by atoms with Crippen molar-refractivity contribution in [3.63, 3.8) is 0 Å². The summed E-state index contributed by atoms with van der Waals surface area (Å²) in [4.78, 5) is 10.9. The molecule has 0 radical (unpaired) electrons. The molecule has 0 aliphatic rings. The van der Waals surface area contributed by atoms with Crippen LogP contribution in [0.2, 0.25) is 0 Å². The summed E-state index contributed by atoms with van der Waals surface area (Å²) in [6.45, 7) is 3.36. The standard InChI is InChI=1S/C40H32F6O7/c1-3-49-36(23-50-34-20-21-35(25(2)22-34)51-24-37(47)48)38(30-8-4-26(5-9-30)28-12-16-32(17-13-28)52-39(41,42)43)31-10-6-27(7-11-31)29-14-18-33(19-15-29)53-40(44,45)46/h4-22H,3,23-24H2,1-2H3,(H,47,48). The van der Waals surface area contributed by atoms with Gasteiger partial charge in [0.1, 0.15) is 35.4 Å². The van der Waals surface area contributed by atoms with Gasteiger partial charge in [-0.25, -0.2) is 4.79 Å². The van der Waals surface area contributed by atoms with Crippen LogP contribution < -0.4 is 18.9 Å². The van der Waals surface area contributed by atoms with Gasteiger partial charge in [-0.1, -0.05) is 72.8 Å². The first-order valence-electron chi connectivity index (χ1n) is 16.0. The molecule has 5 aromatic carbocycles. The fourth-order valence-corrected chi connectivity index (χ4v) is 5.37. The Labute approximate surface area is 300 Å². The SMILES string of the molecule is CCOC(COc1ccc(OCC(=O)O)c(C)c1)=C(c1ccc(-c2ccc(OC(F)(F)F)cc2)cc1)c1ccc(-c2ccc(OC(F)(F)F)cc2)cc1. The number of aryl methyl sites for hydroxylation is 1. The normalized spacial score (nSPS) is 11.4. The van der Waals surface area contributed by atoms with E-state index in [2.05, 4.69) is 9.47 Å². The third-order valence-electron chi connectivity index (χ3n) is 7.65. The minimum Gasteiger partial charge on any atom is -0.494 e. The van der Waals surface area contributed by atoms with Gasteiger partial charge in [0.05, 0.1) is 6.61 Å². The van der Waals surface area contributed by atoms with Crippen molar-refractivity contribution in [1.82, 2.24) is 0 Å². The second kappa shape index (κ2) is 16.5. The molecule has 0 aliphatic heterocycles. The lowest BCUT2D eigenvalue weighted by Crippen LogP contribution is -2.16. The fraction of sp³-hybridized carbons (Fsp3) is 0.175. The molecule has 1 N–H and O–H groups in total. The third-order valence-corrected chi connectivity index (χ3v) is 7.65. The molecule has 0 amide bonds. The number of rotatable bonds is 14. The van der Waals surface area contributed by atoms with Gasteiger partial charge in [0.25, 0.3) is 0 Å². The Bertz CT molecular complexity index is 1920. The summed E-state index contributed by atoms with van der Waals surface area (Å²) < 4.78 is 101. The second-order valence-corrected chi connectivity index (χ2v) is 11.4. The lowest BCUT2D eigenvalue weighted by molar-refractivity contribution is -0.275. The molecule has 53 heavy (non-hydrogen) atoms. The Morgan fingerprint density at radius 1 is 0.585 bits per heavy atom. The largest absolute Gasteiger partial charge is 0.573 e. The average molecular weight is 739 g/mol. The number of carboxylic acid groups (broad SMARTS) is 1. The molecule has 13 heteroatoms. The van der Waals surface area contributed by atoms with Gasteiger partial charge in [-0.3, -0.25) is 0 Å². The van der Waals surface area contributed by atoms with Gasteiger partial charge in [0.15, 0.2) is 6.61 Å². The molecule has 0 aromatic heterocycles. The van der Waals surface area contributed by atoms with Gasteiger partial charge in [-0.2, -0.15) is 0 Å². The van der Waals surface area contributed by atoms with E-state index in [0.717, 1.165) is 22.3 Å². The van der Waals surface area contributed by atoms with Crippen LogP contribution in [0.5, 0.6) is 23.0 Å². The number of halogens is 6. The predicted molar refractivity (Wildman–Crippen MR) is 185 cm³/mol. The quantitative estimate of drug-likeness (QED) is 0.0897. The highest BCUT2D eigenvalue weighted by molar-refractivity contribution is 5.83. The maximum atomic E-state index is 12.6. The Morgan fingerprint density at radius 3 is 1.38 bits per heavy atom. The van der Waals surface area contributed by atoms with Crippen molar-refractivity contribution in [2.75, 3.05) is 19.8 Å². The predicted octanol–water partition coefficient (Wildman–Crippen LogP) is 10.5. The molecule has 276 valence electrons. The van der Waals surface area contributed by atoms with Crippen LogP contribution in [0.3, 0.4) is 0 Å². The number of carbonyl (C=O) groups is 1. The van der Waals surface area contributed by atoms with Crippen LogP contribution in [0.4, 0.5) is 26.3 Å². The molecule has 0 saturated carbocycles. The van der Waals surface area contributed by atoms with Crippen molar-refractivity contribution in [3.05, 3.63) is 138 Å². The van der Waals surface area contributed by atoms with Crippen LogP contribution in [0.15, 0.2) is 121 Å². The van der Waals surface area contributed by atoms with Gasteiger partial charge in [0.2, 0.25) is 0 Å². The van der Waals surface area contributed by atoms with E-state index in [0.29, 0.717) is 39.5 Å². The molecule has 0 spiro atoms. The number of carboxylic acids is 1. The summed E-state index contributed by atoms with van der Waals surface area (Å²) >= 11 is 0. The first-order chi connectivity index (χ1) is 25.2. The first-order valence-corrected chi connectivity index (χ1v) is 16.0. The Morgan fingerprint density at radius 2 is 1.00 bits per heavy atom. The smallest absolute Gasteiger partial charge is 0.494 e. The number of benzene rings is 5. The van der Waals surface area contributed by atoms with E-state index in [9.17, 15) is 31.1 Å². The maximum Gasteiger partial charge on any atom is 0.573 e. The van der Waals surface area contributed by atoms with Crippen LogP contribution in [-0.4, -0.2) is 43.6 Å². The Kier molecular flexibility index (Phi) is 11.9. The van der Waals surface area contributed by atoms with Crippen molar-refractivity contribution in [1.29, 1.82) is 0 Å². The van der Waals surface area contributed by atoms with Gasteiger partial charge in [0, 0.05) is 5.57 Å². The van der Waals surface area contributed by atoms with Crippen molar-refractivity contribution in [2.45, 2.75) is 26.6 Å². The zero-order valence-electron chi connectivity index (χ0n) is 28.3. The second-order valence-electron chi connectivity index (χ2n) is 11.4. The van der Waals surface area contributed by atoms with Gasteiger partial charge < -0.3 is 28.8 Å². The van der Waals surface area contributed by atoms with Gasteiger partial charge >= 0.3 is 18.7 Å². The number of aliphatic carboxylic acids is 1. The zero-order chi connectivity index (χ0) is 38.2. The minimum absolute atomic E-state index is 0.0111. The van der Waals surface area contributed by atoms with Crippen molar-refractivity contribution in [2.24, 2.45) is 0 Å². The Balaban J connectivity index is 1.48. The van der Waals surface area contributed by atoms with E-state index in [1.54, 1.807) is 25.1 Å². The van der Waals surface area contributed by atoms with E-state index in [1.807, 2.05) is 55.5 Å². The summed E-state index contributed by atoms with van der Waals surface area (Å²) in [7, 11) is 0. The molecule has 0 unspecified atom stereocenters. The third kappa shape index (κ3) is 10.9. The van der Waals surface area contributed by atoms with E-state index in [1.165, 1.54) is 48.5 Å².